The Hall–Kier alpha value is -2.12. The SMILES string of the molecule is Cc1cn(-c2ccc(F)cc2)c(=O)c(C#N)c1Cl. The summed E-state index contributed by atoms with van der Waals surface area (Å²) in [6.45, 7) is 1.70. The van der Waals surface area contributed by atoms with Crippen LogP contribution >= 0.6 is 11.6 Å². The fourth-order valence-corrected chi connectivity index (χ4v) is 1.78. The second-order valence-electron chi connectivity index (χ2n) is 3.76. The summed E-state index contributed by atoms with van der Waals surface area (Å²) >= 11 is 5.89. The zero-order valence-electron chi connectivity index (χ0n) is 9.45. The standard InChI is InChI=1S/C13H8ClFN2O/c1-8-7-17(10-4-2-9(15)3-5-10)13(18)11(6-16)12(8)14/h2-5,7H,1H3. The molecule has 2 rings (SSSR count). The smallest absolute Gasteiger partial charge is 0.274 e. The second kappa shape index (κ2) is 4.63. The highest BCUT2D eigenvalue weighted by molar-refractivity contribution is 6.32. The Balaban J connectivity index is 2.74. The van der Waals surface area contributed by atoms with Gasteiger partial charge in [-0.2, -0.15) is 5.26 Å². The quantitative estimate of drug-likeness (QED) is 0.793. The molecule has 0 saturated carbocycles. The van der Waals surface area contributed by atoms with E-state index in [0.717, 1.165) is 0 Å². The maximum atomic E-state index is 12.8. The summed E-state index contributed by atoms with van der Waals surface area (Å²) in [7, 11) is 0. The van der Waals surface area contributed by atoms with Crippen molar-refractivity contribution >= 4 is 11.6 Å². The minimum atomic E-state index is -0.514. The van der Waals surface area contributed by atoms with Crippen LogP contribution in [0.4, 0.5) is 4.39 Å². The van der Waals surface area contributed by atoms with Crippen molar-refractivity contribution in [3.63, 3.8) is 0 Å². The molecular formula is C13H8ClFN2O. The Morgan fingerprint density at radius 3 is 2.50 bits per heavy atom. The molecule has 3 nitrogen and oxygen atoms in total. The topological polar surface area (TPSA) is 45.8 Å². The molecule has 0 unspecified atom stereocenters. The van der Waals surface area contributed by atoms with Crippen molar-refractivity contribution in [3.8, 4) is 11.8 Å². The van der Waals surface area contributed by atoms with Gasteiger partial charge in [-0.1, -0.05) is 11.6 Å². The van der Waals surface area contributed by atoms with Gasteiger partial charge in [-0.15, -0.1) is 0 Å². The van der Waals surface area contributed by atoms with Crippen molar-refractivity contribution < 1.29 is 4.39 Å². The number of halogens is 2. The van der Waals surface area contributed by atoms with E-state index in [9.17, 15) is 9.18 Å². The van der Waals surface area contributed by atoms with Gasteiger partial charge in [0.15, 0.2) is 0 Å². The largest absolute Gasteiger partial charge is 0.283 e. The first-order valence-electron chi connectivity index (χ1n) is 5.12. The van der Waals surface area contributed by atoms with Crippen LogP contribution in [0.5, 0.6) is 0 Å². The third kappa shape index (κ3) is 2.01. The van der Waals surface area contributed by atoms with Crippen LogP contribution in [0.15, 0.2) is 35.3 Å². The van der Waals surface area contributed by atoms with Crippen LogP contribution in [0.25, 0.3) is 5.69 Å². The van der Waals surface area contributed by atoms with Crippen LogP contribution in [-0.4, -0.2) is 4.57 Å². The molecule has 0 atom stereocenters. The van der Waals surface area contributed by atoms with Crippen molar-refractivity contribution in [2.45, 2.75) is 6.92 Å². The first-order chi connectivity index (χ1) is 8.54. The summed E-state index contributed by atoms with van der Waals surface area (Å²) in [5, 5.41) is 9.08. The Bertz CT molecular complexity index is 699. The predicted octanol–water partition coefficient (Wildman–Crippen LogP) is 2.81. The van der Waals surface area contributed by atoms with Gasteiger partial charge in [0, 0.05) is 11.9 Å². The van der Waals surface area contributed by atoms with E-state index in [1.165, 1.54) is 35.0 Å². The van der Waals surface area contributed by atoms with E-state index in [1.807, 2.05) is 0 Å². The number of aryl methyl sites for hydroxylation is 1. The van der Waals surface area contributed by atoms with Gasteiger partial charge in [0.05, 0.1) is 5.02 Å². The van der Waals surface area contributed by atoms with Gasteiger partial charge >= 0.3 is 0 Å². The predicted molar refractivity (Wildman–Crippen MR) is 66.5 cm³/mol. The fraction of sp³-hybridized carbons (Fsp3) is 0.0769. The molecule has 0 bridgehead atoms. The van der Waals surface area contributed by atoms with Crippen LogP contribution < -0.4 is 5.56 Å². The van der Waals surface area contributed by atoms with Crippen LogP contribution in [0.2, 0.25) is 5.02 Å². The van der Waals surface area contributed by atoms with Crippen molar-refractivity contribution in [2.75, 3.05) is 0 Å². The summed E-state index contributed by atoms with van der Waals surface area (Å²) in [5.74, 6) is -0.391. The van der Waals surface area contributed by atoms with E-state index in [-0.39, 0.29) is 10.6 Å². The van der Waals surface area contributed by atoms with Gasteiger partial charge in [-0.05, 0) is 36.8 Å². The lowest BCUT2D eigenvalue weighted by Gasteiger charge is -2.09. The Morgan fingerprint density at radius 2 is 1.94 bits per heavy atom. The molecule has 2 aromatic rings. The van der Waals surface area contributed by atoms with Gasteiger partial charge < -0.3 is 0 Å². The zero-order chi connectivity index (χ0) is 13.3. The molecule has 18 heavy (non-hydrogen) atoms. The summed E-state index contributed by atoms with van der Waals surface area (Å²) in [4.78, 5) is 12.0. The van der Waals surface area contributed by atoms with E-state index < -0.39 is 11.4 Å². The molecule has 1 heterocycles. The molecular weight excluding hydrogens is 255 g/mol. The number of rotatable bonds is 1. The van der Waals surface area contributed by atoms with Crippen LogP contribution in [-0.2, 0) is 0 Å². The Morgan fingerprint density at radius 1 is 1.33 bits per heavy atom. The lowest BCUT2D eigenvalue weighted by Crippen LogP contribution is -2.21. The molecule has 5 heteroatoms. The average molecular weight is 263 g/mol. The zero-order valence-corrected chi connectivity index (χ0v) is 10.2. The molecule has 0 N–H and O–H groups in total. The number of nitriles is 1. The Labute approximate surface area is 108 Å². The van der Waals surface area contributed by atoms with Crippen molar-refractivity contribution in [2.24, 2.45) is 0 Å². The number of nitrogens with zero attached hydrogens (tertiary/aromatic N) is 2. The first-order valence-corrected chi connectivity index (χ1v) is 5.50. The lowest BCUT2D eigenvalue weighted by atomic mass is 10.2. The van der Waals surface area contributed by atoms with Gasteiger partial charge in [0.2, 0.25) is 0 Å². The first kappa shape index (κ1) is 12.3. The molecule has 0 aliphatic heterocycles. The number of pyridine rings is 1. The molecule has 90 valence electrons. The summed E-state index contributed by atoms with van der Waals surface area (Å²) in [6, 6.07) is 7.21. The molecule has 0 aliphatic rings. The van der Waals surface area contributed by atoms with Crippen molar-refractivity contribution in [1.82, 2.24) is 4.57 Å². The number of aromatic nitrogens is 1. The molecule has 0 fully saturated rings. The van der Waals surface area contributed by atoms with Crippen LogP contribution in [0.1, 0.15) is 11.1 Å². The Kier molecular flexibility index (Phi) is 3.17. The van der Waals surface area contributed by atoms with Gasteiger partial charge in [-0.3, -0.25) is 9.36 Å². The number of hydrogen-bond acceptors (Lipinski definition) is 2. The van der Waals surface area contributed by atoms with E-state index in [2.05, 4.69) is 0 Å². The van der Waals surface area contributed by atoms with Gasteiger partial charge in [0.1, 0.15) is 17.4 Å². The molecule has 1 aromatic carbocycles. The van der Waals surface area contributed by atoms with E-state index in [4.69, 9.17) is 16.9 Å². The highest BCUT2D eigenvalue weighted by Crippen LogP contribution is 2.18. The van der Waals surface area contributed by atoms with Gasteiger partial charge in [0.25, 0.3) is 5.56 Å². The minimum absolute atomic E-state index is 0.110. The highest BCUT2D eigenvalue weighted by Gasteiger charge is 2.12. The third-order valence-electron chi connectivity index (χ3n) is 2.54. The van der Waals surface area contributed by atoms with E-state index in [1.54, 1.807) is 13.0 Å². The van der Waals surface area contributed by atoms with Crippen molar-refractivity contribution in [3.05, 3.63) is 62.8 Å². The third-order valence-corrected chi connectivity index (χ3v) is 3.02. The maximum Gasteiger partial charge on any atom is 0.274 e. The van der Waals surface area contributed by atoms with E-state index >= 15 is 0 Å². The number of benzene rings is 1. The molecule has 0 aliphatic carbocycles. The average Bonchev–Trinajstić information content (AvgIpc) is 2.36. The van der Waals surface area contributed by atoms with Crippen LogP contribution in [0.3, 0.4) is 0 Å². The molecule has 0 spiro atoms. The van der Waals surface area contributed by atoms with Crippen molar-refractivity contribution in [1.29, 1.82) is 5.26 Å². The molecule has 0 amide bonds. The minimum Gasteiger partial charge on any atom is -0.283 e. The van der Waals surface area contributed by atoms with Gasteiger partial charge in [-0.25, -0.2) is 4.39 Å². The van der Waals surface area contributed by atoms with Crippen LogP contribution in [0, 0.1) is 24.1 Å². The monoisotopic (exact) mass is 262 g/mol. The molecule has 1 aromatic heterocycles. The maximum absolute atomic E-state index is 12.8. The molecule has 0 radical (unpaired) electrons. The molecule has 0 saturated heterocycles. The normalized spacial score (nSPS) is 10.1. The number of hydrogen-bond donors (Lipinski definition) is 0. The van der Waals surface area contributed by atoms with E-state index in [0.29, 0.717) is 11.3 Å². The highest BCUT2D eigenvalue weighted by atomic mass is 35.5. The lowest BCUT2D eigenvalue weighted by molar-refractivity contribution is 0.627. The second-order valence-corrected chi connectivity index (χ2v) is 4.14. The summed E-state index contributed by atoms with van der Waals surface area (Å²) in [5.41, 5.74) is 0.468. The summed E-state index contributed by atoms with van der Waals surface area (Å²) in [6.07, 6.45) is 1.53. The summed E-state index contributed by atoms with van der Waals surface area (Å²) < 4.78 is 14.1. The fourth-order valence-electron chi connectivity index (χ4n) is 1.61.